The Morgan fingerprint density at radius 3 is 2.65 bits per heavy atom. The van der Waals surface area contributed by atoms with Gasteiger partial charge >= 0.3 is 0 Å². The number of aromatic nitrogens is 2. The lowest BCUT2D eigenvalue weighted by atomic mass is 10.1. The molecule has 0 unspecified atom stereocenters. The van der Waals surface area contributed by atoms with Crippen LogP contribution in [0, 0.1) is 0 Å². The van der Waals surface area contributed by atoms with Crippen LogP contribution in [0.3, 0.4) is 0 Å². The van der Waals surface area contributed by atoms with Crippen molar-refractivity contribution >= 4 is 17.3 Å². The number of ether oxygens (including phenoxy) is 1. The number of methoxy groups -OCH3 is 1. The highest BCUT2D eigenvalue weighted by molar-refractivity contribution is 5.68. The van der Waals surface area contributed by atoms with Crippen molar-refractivity contribution in [3.8, 4) is 5.75 Å². The van der Waals surface area contributed by atoms with Crippen LogP contribution in [0.5, 0.6) is 5.75 Å². The van der Waals surface area contributed by atoms with Crippen molar-refractivity contribution in [2.24, 2.45) is 5.84 Å². The second kappa shape index (κ2) is 6.72. The number of anilines is 3. The fourth-order valence-corrected chi connectivity index (χ4v) is 2.01. The fourth-order valence-electron chi connectivity index (χ4n) is 2.01. The molecule has 0 amide bonds. The zero-order chi connectivity index (χ0) is 14.4. The van der Waals surface area contributed by atoms with Crippen molar-refractivity contribution < 1.29 is 4.74 Å². The Balaban J connectivity index is 2.37. The molecular weight excluding hydrogens is 254 g/mol. The van der Waals surface area contributed by atoms with Crippen LogP contribution in [0.2, 0.25) is 0 Å². The summed E-state index contributed by atoms with van der Waals surface area (Å²) in [7, 11) is 1.64. The third kappa shape index (κ3) is 2.97. The Morgan fingerprint density at radius 1 is 1.20 bits per heavy atom. The van der Waals surface area contributed by atoms with E-state index in [0.29, 0.717) is 5.82 Å². The van der Waals surface area contributed by atoms with Gasteiger partial charge in [0.2, 0.25) is 0 Å². The average molecular weight is 273 g/mol. The Labute approximate surface area is 118 Å². The molecule has 6 nitrogen and oxygen atoms in total. The molecule has 106 valence electrons. The Morgan fingerprint density at radius 2 is 1.95 bits per heavy atom. The van der Waals surface area contributed by atoms with Crippen LogP contribution in [0.25, 0.3) is 0 Å². The molecule has 2 rings (SSSR count). The molecular formula is C14H19N5O. The molecule has 1 aromatic carbocycles. The molecule has 0 aliphatic rings. The molecule has 0 aliphatic carbocycles. The predicted molar refractivity (Wildman–Crippen MR) is 80.1 cm³/mol. The molecule has 0 saturated heterocycles. The number of para-hydroxylation sites is 2. The zero-order valence-corrected chi connectivity index (χ0v) is 11.7. The Kier molecular flexibility index (Phi) is 4.73. The number of benzene rings is 1. The van der Waals surface area contributed by atoms with E-state index in [9.17, 15) is 0 Å². The summed E-state index contributed by atoms with van der Waals surface area (Å²) in [4.78, 5) is 8.45. The second-order valence-corrected chi connectivity index (χ2v) is 4.27. The van der Waals surface area contributed by atoms with Gasteiger partial charge in [0.1, 0.15) is 23.7 Å². The second-order valence-electron chi connectivity index (χ2n) is 4.27. The molecule has 1 aromatic heterocycles. The lowest BCUT2D eigenvalue weighted by Gasteiger charge is -2.15. The number of hydrazine groups is 1. The van der Waals surface area contributed by atoms with Crippen molar-refractivity contribution in [2.75, 3.05) is 17.9 Å². The summed E-state index contributed by atoms with van der Waals surface area (Å²) in [5.41, 5.74) is 4.43. The van der Waals surface area contributed by atoms with E-state index in [0.717, 1.165) is 35.7 Å². The van der Waals surface area contributed by atoms with Gasteiger partial charge in [0.25, 0.3) is 0 Å². The summed E-state index contributed by atoms with van der Waals surface area (Å²) < 4.78 is 5.33. The number of nitrogen functional groups attached to an aromatic ring is 1. The number of nitrogens with two attached hydrogens (primary N) is 1. The molecule has 0 aliphatic heterocycles. The highest BCUT2D eigenvalue weighted by Gasteiger charge is 2.11. The van der Waals surface area contributed by atoms with Gasteiger partial charge in [0.05, 0.1) is 12.8 Å². The normalized spacial score (nSPS) is 10.2. The first-order valence-electron chi connectivity index (χ1n) is 6.50. The first kappa shape index (κ1) is 14.1. The number of nitrogens with zero attached hydrogens (tertiary/aromatic N) is 2. The van der Waals surface area contributed by atoms with Gasteiger partial charge < -0.3 is 15.5 Å². The maximum Gasteiger partial charge on any atom is 0.148 e. The van der Waals surface area contributed by atoms with Gasteiger partial charge in [-0.05, 0) is 18.6 Å². The maximum absolute atomic E-state index is 5.51. The highest BCUT2D eigenvalue weighted by atomic mass is 16.5. The van der Waals surface area contributed by atoms with E-state index in [4.69, 9.17) is 10.6 Å². The topological polar surface area (TPSA) is 85.1 Å². The van der Waals surface area contributed by atoms with Gasteiger partial charge in [-0.25, -0.2) is 15.8 Å². The summed E-state index contributed by atoms with van der Waals surface area (Å²) in [5, 5.41) is 3.28. The van der Waals surface area contributed by atoms with E-state index in [1.165, 1.54) is 6.33 Å². The first-order chi connectivity index (χ1) is 9.80. The summed E-state index contributed by atoms with van der Waals surface area (Å²) in [5.74, 6) is 7.64. The first-order valence-corrected chi connectivity index (χ1v) is 6.50. The monoisotopic (exact) mass is 273 g/mol. The van der Waals surface area contributed by atoms with Crippen molar-refractivity contribution in [3.05, 3.63) is 36.2 Å². The van der Waals surface area contributed by atoms with Gasteiger partial charge in [0, 0.05) is 5.56 Å². The molecule has 4 N–H and O–H groups in total. The minimum absolute atomic E-state index is 0.638. The van der Waals surface area contributed by atoms with Crippen LogP contribution in [0.1, 0.15) is 18.9 Å². The molecule has 0 radical (unpaired) electrons. The third-order valence-electron chi connectivity index (χ3n) is 2.94. The molecule has 20 heavy (non-hydrogen) atoms. The van der Waals surface area contributed by atoms with Gasteiger partial charge in [-0.2, -0.15) is 0 Å². The molecule has 0 fully saturated rings. The lowest BCUT2D eigenvalue weighted by Crippen LogP contribution is -2.13. The summed E-state index contributed by atoms with van der Waals surface area (Å²) >= 11 is 0. The van der Waals surface area contributed by atoms with Crippen LogP contribution in [-0.4, -0.2) is 17.1 Å². The van der Waals surface area contributed by atoms with Crippen molar-refractivity contribution in [1.82, 2.24) is 9.97 Å². The molecule has 0 spiro atoms. The highest BCUT2D eigenvalue weighted by Crippen LogP contribution is 2.29. The van der Waals surface area contributed by atoms with E-state index in [2.05, 4.69) is 27.6 Å². The lowest BCUT2D eigenvalue weighted by molar-refractivity contribution is 0.417. The number of rotatable bonds is 6. The molecule has 0 bridgehead atoms. The summed E-state index contributed by atoms with van der Waals surface area (Å²) in [6, 6.07) is 7.69. The van der Waals surface area contributed by atoms with Crippen LogP contribution in [0.15, 0.2) is 30.6 Å². The van der Waals surface area contributed by atoms with E-state index in [-0.39, 0.29) is 0 Å². The molecule has 1 heterocycles. The molecule has 2 aromatic rings. The van der Waals surface area contributed by atoms with Crippen LogP contribution < -0.4 is 21.3 Å². The van der Waals surface area contributed by atoms with Crippen LogP contribution in [0.4, 0.5) is 17.3 Å². The maximum atomic E-state index is 5.51. The summed E-state index contributed by atoms with van der Waals surface area (Å²) in [6.45, 7) is 2.10. The minimum Gasteiger partial charge on any atom is -0.495 e. The standard InChI is InChI=1S/C14H19N5O/c1-3-6-10-13(16-9-17-14(10)19-15)18-11-7-4-5-8-12(11)20-2/h4-5,7-9H,3,6,15H2,1-2H3,(H2,16,17,18,19). The van der Waals surface area contributed by atoms with Crippen molar-refractivity contribution in [2.45, 2.75) is 19.8 Å². The van der Waals surface area contributed by atoms with Crippen molar-refractivity contribution in [1.29, 1.82) is 0 Å². The number of hydrogen-bond acceptors (Lipinski definition) is 6. The Bertz CT molecular complexity index is 573. The zero-order valence-electron chi connectivity index (χ0n) is 11.7. The van der Waals surface area contributed by atoms with Gasteiger partial charge in [-0.15, -0.1) is 0 Å². The molecule has 0 atom stereocenters. The van der Waals surface area contributed by atoms with E-state index in [1.54, 1.807) is 7.11 Å². The number of hydrogen-bond donors (Lipinski definition) is 3. The average Bonchev–Trinajstić information content (AvgIpc) is 2.49. The number of nitrogens with one attached hydrogen (secondary N) is 2. The van der Waals surface area contributed by atoms with Gasteiger partial charge in [-0.1, -0.05) is 25.5 Å². The van der Waals surface area contributed by atoms with Gasteiger partial charge in [-0.3, -0.25) is 0 Å². The van der Waals surface area contributed by atoms with Crippen LogP contribution in [-0.2, 0) is 6.42 Å². The van der Waals surface area contributed by atoms with Crippen LogP contribution >= 0.6 is 0 Å². The van der Waals surface area contributed by atoms with E-state index < -0.39 is 0 Å². The minimum atomic E-state index is 0.638. The smallest absolute Gasteiger partial charge is 0.148 e. The fraction of sp³-hybridized carbons (Fsp3) is 0.286. The SMILES string of the molecule is CCCc1c(NN)ncnc1Nc1ccccc1OC. The van der Waals surface area contributed by atoms with Gasteiger partial charge in [0.15, 0.2) is 0 Å². The Hall–Kier alpha value is -2.34. The quantitative estimate of drug-likeness (QED) is 0.554. The van der Waals surface area contributed by atoms with E-state index >= 15 is 0 Å². The third-order valence-corrected chi connectivity index (χ3v) is 2.94. The van der Waals surface area contributed by atoms with Crippen molar-refractivity contribution in [3.63, 3.8) is 0 Å². The molecule has 6 heteroatoms. The van der Waals surface area contributed by atoms with E-state index in [1.807, 2.05) is 24.3 Å². The summed E-state index contributed by atoms with van der Waals surface area (Å²) in [6.07, 6.45) is 3.28. The molecule has 0 saturated carbocycles. The predicted octanol–water partition coefficient (Wildman–Crippen LogP) is 2.47. The largest absolute Gasteiger partial charge is 0.495 e.